The van der Waals surface area contributed by atoms with Gasteiger partial charge < -0.3 is 4.74 Å². The molecule has 5 nitrogen and oxygen atoms in total. The first-order valence-electron chi connectivity index (χ1n) is 5.08. The largest absolute Gasteiger partial charge is 0.448 e. The van der Waals surface area contributed by atoms with Gasteiger partial charge in [0.05, 0.1) is 0 Å². The Hall–Kier alpha value is -0.950. The van der Waals surface area contributed by atoms with E-state index in [-0.39, 0.29) is 3.57 Å². The van der Waals surface area contributed by atoms with E-state index < -0.39 is 45.5 Å². The lowest BCUT2D eigenvalue weighted by Crippen LogP contribution is -2.39. The van der Waals surface area contributed by atoms with Gasteiger partial charge in [0.15, 0.2) is 0 Å². The highest BCUT2D eigenvalue weighted by Gasteiger charge is 2.46. The van der Waals surface area contributed by atoms with Crippen LogP contribution in [0.2, 0.25) is 0 Å². The number of hydrogen-bond donors (Lipinski definition) is 1. The van der Waals surface area contributed by atoms with Gasteiger partial charge in [0, 0.05) is 3.57 Å². The Morgan fingerprint density at radius 2 is 1.95 bits per heavy atom. The average molecular weight is 442 g/mol. The van der Waals surface area contributed by atoms with E-state index in [9.17, 15) is 30.8 Å². The monoisotopic (exact) mass is 442 g/mol. The van der Waals surface area contributed by atoms with Gasteiger partial charge in [0.1, 0.15) is 17.1 Å². The summed E-state index contributed by atoms with van der Waals surface area (Å²) < 4.78 is 84.7. The first kappa shape index (κ1) is 18.1. The summed E-state index contributed by atoms with van der Waals surface area (Å²) >= 11 is 1.51. The smallest absolute Gasteiger partial charge is 0.426 e. The molecule has 0 saturated heterocycles. The van der Waals surface area contributed by atoms with Gasteiger partial charge >= 0.3 is 12.1 Å². The molecule has 0 saturated carbocycles. The lowest BCUT2D eigenvalue weighted by Gasteiger charge is -2.19. The zero-order chi connectivity index (χ0) is 16.4. The molecule has 0 aliphatic heterocycles. The number of hydrogen-bond acceptors (Lipinski definition) is 4. The molecule has 0 aliphatic carbocycles. The molecule has 1 N–H and O–H groups in total. The Balaban J connectivity index is 3.07. The molecule has 11 heteroatoms. The minimum absolute atomic E-state index is 0.00891. The maximum Gasteiger partial charge on any atom is 0.426 e. The summed E-state index contributed by atoms with van der Waals surface area (Å²) in [6.45, 7) is 0. The molecule has 0 heterocycles. The highest BCUT2D eigenvalue weighted by Crippen LogP contribution is 2.26. The van der Waals surface area contributed by atoms with Gasteiger partial charge in [-0.05, 0) is 34.7 Å². The molecule has 0 spiro atoms. The van der Waals surface area contributed by atoms with Crippen LogP contribution < -0.4 is 0 Å². The van der Waals surface area contributed by atoms with Gasteiger partial charge in [-0.3, -0.25) is 4.55 Å². The second-order valence-corrected chi connectivity index (χ2v) is 6.44. The summed E-state index contributed by atoms with van der Waals surface area (Å²) in [5, 5.41) is 0. The molecule has 118 valence electrons. The molecule has 1 aromatic rings. The predicted octanol–water partition coefficient (Wildman–Crippen LogP) is 2.41. The average Bonchev–Trinajstić information content (AvgIpc) is 2.24. The number of esters is 1. The van der Waals surface area contributed by atoms with E-state index in [0.29, 0.717) is 0 Å². The maximum atomic E-state index is 13.4. The third kappa shape index (κ3) is 5.39. The van der Waals surface area contributed by atoms with Crippen LogP contribution in [-0.2, 0) is 14.9 Å². The number of rotatable bonds is 4. The molecule has 0 radical (unpaired) electrons. The van der Waals surface area contributed by atoms with E-state index in [0.717, 1.165) is 6.07 Å². The third-order valence-electron chi connectivity index (χ3n) is 2.14. The lowest BCUT2D eigenvalue weighted by molar-refractivity contribution is -0.197. The molecule has 21 heavy (non-hydrogen) atoms. The molecule has 0 aliphatic rings. The fourth-order valence-corrected chi connectivity index (χ4v) is 2.59. The Labute approximate surface area is 130 Å². The molecule has 0 bridgehead atoms. The molecule has 1 atom stereocenters. The Bertz CT molecular complexity index is 623. The first-order valence-corrected chi connectivity index (χ1v) is 7.77. The fraction of sp³-hybridized carbons (Fsp3) is 0.300. The van der Waals surface area contributed by atoms with Gasteiger partial charge in [-0.25, -0.2) is 9.18 Å². The number of ether oxygens (including phenoxy) is 1. The third-order valence-corrected chi connectivity index (χ3v) is 3.77. The van der Waals surface area contributed by atoms with E-state index in [4.69, 9.17) is 4.55 Å². The molecule has 1 aromatic carbocycles. The van der Waals surface area contributed by atoms with E-state index in [1.807, 2.05) is 0 Å². The number of alkyl halides is 3. The van der Waals surface area contributed by atoms with Crippen molar-refractivity contribution in [2.45, 2.75) is 12.3 Å². The maximum absolute atomic E-state index is 13.4. The SMILES string of the molecule is O=C(OC(CS(=O)(=O)O)C(F)(F)F)c1c(F)cccc1I. The van der Waals surface area contributed by atoms with Crippen molar-refractivity contribution in [3.8, 4) is 0 Å². The number of carbonyl (C=O) groups excluding carboxylic acids is 1. The summed E-state index contributed by atoms with van der Waals surface area (Å²) in [5.41, 5.74) is -0.748. The number of halogens is 5. The van der Waals surface area contributed by atoms with Gasteiger partial charge in [0.2, 0.25) is 6.10 Å². The van der Waals surface area contributed by atoms with Crippen LogP contribution in [0.1, 0.15) is 10.4 Å². The van der Waals surface area contributed by atoms with Gasteiger partial charge in [-0.1, -0.05) is 6.07 Å². The zero-order valence-corrected chi connectivity index (χ0v) is 12.9. The zero-order valence-electron chi connectivity index (χ0n) is 9.89. The van der Waals surface area contributed by atoms with Crippen LogP contribution in [0.15, 0.2) is 18.2 Å². The Kier molecular flexibility index (Phi) is 5.55. The quantitative estimate of drug-likeness (QED) is 0.336. The summed E-state index contributed by atoms with van der Waals surface area (Å²) in [7, 11) is -5.05. The summed E-state index contributed by atoms with van der Waals surface area (Å²) in [5.74, 6) is -4.66. The molecule has 0 amide bonds. The molecule has 0 fully saturated rings. The van der Waals surface area contributed by atoms with E-state index in [1.165, 1.54) is 34.7 Å². The Morgan fingerprint density at radius 1 is 1.38 bits per heavy atom. The van der Waals surface area contributed by atoms with Crippen molar-refractivity contribution < 1.29 is 40.1 Å². The topological polar surface area (TPSA) is 80.7 Å². The highest BCUT2D eigenvalue weighted by molar-refractivity contribution is 14.1. The number of carbonyl (C=O) groups is 1. The predicted molar refractivity (Wildman–Crippen MR) is 70.8 cm³/mol. The van der Waals surface area contributed by atoms with Crippen molar-refractivity contribution in [1.29, 1.82) is 0 Å². The van der Waals surface area contributed by atoms with Gasteiger partial charge in [-0.15, -0.1) is 0 Å². The van der Waals surface area contributed by atoms with Crippen molar-refractivity contribution in [3.05, 3.63) is 33.1 Å². The van der Waals surface area contributed by atoms with Crippen molar-refractivity contribution in [2.24, 2.45) is 0 Å². The summed E-state index contributed by atoms with van der Waals surface area (Å²) in [4.78, 5) is 11.6. The van der Waals surface area contributed by atoms with Crippen LogP contribution in [0.25, 0.3) is 0 Å². The summed E-state index contributed by atoms with van der Waals surface area (Å²) in [6.07, 6.45) is -8.34. The fourth-order valence-electron chi connectivity index (χ4n) is 1.27. The van der Waals surface area contributed by atoms with Crippen LogP contribution in [0.5, 0.6) is 0 Å². The highest BCUT2D eigenvalue weighted by atomic mass is 127. The summed E-state index contributed by atoms with van der Waals surface area (Å²) in [6, 6.07) is 3.32. The molecular weight excluding hydrogens is 435 g/mol. The normalized spacial score (nSPS) is 13.8. The first-order chi connectivity index (χ1) is 9.42. The van der Waals surface area contributed by atoms with Crippen molar-refractivity contribution >= 4 is 38.7 Å². The van der Waals surface area contributed by atoms with Crippen LogP contribution in [0.4, 0.5) is 17.6 Å². The van der Waals surface area contributed by atoms with Crippen LogP contribution in [0, 0.1) is 9.39 Å². The van der Waals surface area contributed by atoms with Crippen LogP contribution in [-0.4, -0.2) is 37.0 Å². The van der Waals surface area contributed by atoms with Gasteiger partial charge in [0.25, 0.3) is 10.1 Å². The molecule has 1 unspecified atom stereocenters. The van der Waals surface area contributed by atoms with Crippen molar-refractivity contribution in [2.75, 3.05) is 5.75 Å². The minimum atomic E-state index is -5.23. The number of benzene rings is 1. The Morgan fingerprint density at radius 3 is 2.38 bits per heavy atom. The standard InChI is InChI=1S/C10H7F4IO5S/c11-5-2-1-3-6(15)8(5)9(16)20-7(10(12,13)14)4-21(17,18)19/h1-3,7H,4H2,(H,17,18,19). The minimum Gasteiger partial charge on any atom is -0.448 e. The van der Waals surface area contributed by atoms with E-state index in [2.05, 4.69) is 4.74 Å². The van der Waals surface area contributed by atoms with Crippen LogP contribution >= 0.6 is 22.6 Å². The molecule has 1 rings (SSSR count). The van der Waals surface area contributed by atoms with Crippen molar-refractivity contribution in [3.63, 3.8) is 0 Å². The lowest BCUT2D eigenvalue weighted by atomic mass is 10.2. The second-order valence-electron chi connectivity index (χ2n) is 3.78. The van der Waals surface area contributed by atoms with Crippen molar-refractivity contribution in [1.82, 2.24) is 0 Å². The second kappa shape index (κ2) is 6.44. The molecule has 0 aromatic heterocycles. The molecular formula is C10H7F4IO5S. The van der Waals surface area contributed by atoms with E-state index >= 15 is 0 Å². The van der Waals surface area contributed by atoms with Crippen LogP contribution in [0.3, 0.4) is 0 Å². The van der Waals surface area contributed by atoms with E-state index in [1.54, 1.807) is 0 Å². The van der Waals surface area contributed by atoms with Gasteiger partial charge in [-0.2, -0.15) is 21.6 Å².